The van der Waals surface area contributed by atoms with Crippen molar-refractivity contribution in [2.24, 2.45) is 0 Å². The Morgan fingerprint density at radius 3 is 2.73 bits per heavy atom. The predicted molar refractivity (Wildman–Crippen MR) is 85.0 cm³/mol. The van der Waals surface area contributed by atoms with Gasteiger partial charge < -0.3 is 10.0 Å². The van der Waals surface area contributed by atoms with Crippen LogP contribution < -0.4 is 0 Å². The minimum atomic E-state index is -0.828. The van der Waals surface area contributed by atoms with Crippen molar-refractivity contribution in [3.05, 3.63) is 34.9 Å². The number of carboxylic acid groups (broad SMARTS) is 1. The van der Waals surface area contributed by atoms with E-state index in [2.05, 4.69) is 0 Å². The molecule has 1 aliphatic heterocycles. The summed E-state index contributed by atoms with van der Waals surface area (Å²) in [6, 6.07) is 6.78. The molecular formula is C16H21ClN2O3. The monoisotopic (exact) mass is 324 g/mol. The molecule has 2 atom stereocenters. The number of carbonyl (C=O) groups excluding carboxylic acids is 1. The lowest BCUT2D eigenvalue weighted by molar-refractivity contribution is -0.145. The second-order valence-electron chi connectivity index (χ2n) is 5.75. The zero-order valence-corrected chi connectivity index (χ0v) is 13.6. The maximum absolute atomic E-state index is 12.4. The highest BCUT2D eigenvalue weighted by atomic mass is 35.5. The molecule has 2 unspecified atom stereocenters. The first-order valence-corrected chi connectivity index (χ1v) is 7.77. The molecule has 0 aromatic heterocycles. The molecule has 1 saturated heterocycles. The van der Waals surface area contributed by atoms with Crippen LogP contribution in [-0.2, 0) is 16.0 Å². The third kappa shape index (κ3) is 3.99. The van der Waals surface area contributed by atoms with E-state index >= 15 is 0 Å². The molecule has 22 heavy (non-hydrogen) atoms. The van der Waals surface area contributed by atoms with Gasteiger partial charge in [-0.3, -0.25) is 14.5 Å². The number of hydrogen-bond donors (Lipinski definition) is 1. The molecular weight excluding hydrogens is 304 g/mol. The number of piperazine rings is 1. The van der Waals surface area contributed by atoms with Gasteiger partial charge in [0.2, 0.25) is 5.91 Å². The SMILES string of the molecule is CC(C(=O)O)N1CCN(C(=O)Cc2cccc(Cl)c2)C(C)C1. The third-order valence-electron chi connectivity index (χ3n) is 4.13. The molecule has 1 aromatic carbocycles. The lowest BCUT2D eigenvalue weighted by Gasteiger charge is -2.41. The fourth-order valence-electron chi connectivity index (χ4n) is 2.79. The number of halogens is 1. The summed E-state index contributed by atoms with van der Waals surface area (Å²) in [5, 5.41) is 9.71. The van der Waals surface area contributed by atoms with Gasteiger partial charge in [0.25, 0.3) is 0 Å². The molecule has 0 spiro atoms. The van der Waals surface area contributed by atoms with Gasteiger partial charge in [0.15, 0.2) is 0 Å². The van der Waals surface area contributed by atoms with Crippen LogP contribution in [0.25, 0.3) is 0 Å². The highest BCUT2D eigenvalue weighted by molar-refractivity contribution is 6.30. The van der Waals surface area contributed by atoms with E-state index in [0.29, 0.717) is 31.1 Å². The zero-order valence-electron chi connectivity index (χ0n) is 12.8. The quantitative estimate of drug-likeness (QED) is 0.918. The fraction of sp³-hybridized carbons (Fsp3) is 0.500. The molecule has 6 heteroatoms. The van der Waals surface area contributed by atoms with E-state index in [9.17, 15) is 9.59 Å². The largest absolute Gasteiger partial charge is 0.480 e. The molecule has 1 aromatic rings. The second kappa shape index (κ2) is 7.11. The first-order valence-electron chi connectivity index (χ1n) is 7.39. The highest BCUT2D eigenvalue weighted by Crippen LogP contribution is 2.16. The van der Waals surface area contributed by atoms with E-state index in [-0.39, 0.29) is 11.9 Å². The molecule has 1 N–H and O–H groups in total. The topological polar surface area (TPSA) is 60.9 Å². The van der Waals surface area contributed by atoms with Crippen molar-refractivity contribution in [2.75, 3.05) is 19.6 Å². The minimum Gasteiger partial charge on any atom is -0.480 e. The van der Waals surface area contributed by atoms with Crippen LogP contribution in [0.5, 0.6) is 0 Å². The highest BCUT2D eigenvalue weighted by Gasteiger charge is 2.31. The van der Waals surface area contributed by atoms with Crippen LogP contribution >= 0.6 is 11.6 Å². The summed E-state index contributed by atoms with van der Waals surface area (Å²) >= 11 is 5.94. The van der Waals surface area contributed by atoms with Crippen molar-refractivity contribution in [1.82, 2.24) is 9.80 Å². The van der Waals surface area contributed by atoms with Gasteiger partial charge in [0.05, 0.1) is 6.42 Å². The molecule has 1 aliphatic rings. The molecule has 1 amide bonds. The number of benzene rings is 1. The summed E-state index contributed by atoms with van der Waals surface area (Å²) in [7, 11) is 0. The number of hydrogen-bond acceptors (Lipinski definition) is 3. The van der Waals surface area contributed by atoms with Crippen molar-refractivity contribution in [3.8, 4) is 0 Å². The molecule has 0 bridgehead atoms. The van der Waals surface area contributed by atoms with Crippen LogP contribution in [0.4, 0.5) is 0 Å². The summed E-state index contributed by atoms with van der Waals surface area (Å²) in [4.78, 5) is 27.2. The van der Waals surface area contributed by atoms with E-state index in [1.54, 1.807) is 19.1 Å². The van der Waals surface area contributed by atoms with Gasteiger partial charge in [-0.15, -0.1) is 0 Å². The summed E-state index contributed by atoms with van der Waals surface area (Å²) in [5.41, 5.74) is 0.894. The van der Waals surface area contributed by atoms with E-state index < -0.39 is 12.0 Å². The third-order valence-corrected chi connectivity index (χ3v) is 4.36. The number of aliphatic carboxylic acids is 1. The maximum Gasteiger partial charge on any atom is 0.320 e. The van der Waals surface area contributed by atoms with E-state index in [1.165, 1.54) is 0 Å². The van der Waals surface area contributed by atoms with Crippen molar-refractivity contribution in [1.29, 1.82) is 0 Å². The average Bonchev–Trinajstić information content (AvgIpc) is 2.46. The fourth-order valence-corrected chi connectivity index (χ4v) is 3.00. The van der Waals surface area contributed by atoms with E-state index in [0.717, 1.165) is 5.56 Å². The molecule has 2 rings (SSSR count). The van der Waals surface area contributed by atoms with Crippen LogP contribution in [-0.4, -0.2) is 58.5 Å². The summed E-state index contributed by atoms with van der Waals surface area (Å²) in [6.45, 7) is 5.35. The number of carbonyl (C=O) groups is 2. The smallest absolute Gasteiger partial charge is 0.320 e. The summed E-state index contributed by atoms with van der Waals surface area (Å²) in [6.07, 6.45) is 0.319. The Morgan fingerprint density at radius 1 is 1.41 bits per heavy atom. The van der Waals surface area contributed by atoms with Crippen molar-refractivity contribution in [3.63, 3.8) is 0 Å². The molecule has 120 valence electrons. The molecule has 1 heterocycles. The van der Waals surface area contributed by atoms with Crippen LogP contribution in [0.3, 0.4) is 0 Å². The van der Waals surface area contributed by atoms with Crippen molar-refractivity contribution in [2.45, 2.75) is 32.4 Å². The first-order chi connectivity index (χ1) is 10.4. The number of carboxylic acids is 1. The molecule has 0 aliphatic carbocycles. The number of rotatable bonds is 4. The Balaban J connectivity index is 1.96. The Hall–Kier alpha value is -1.59. The van der Waals surface area contributed by atoms with E-state index in [4.69, 9.17) is 16.7 Å². The van der Waals surface area contributed by atoms with Gasteiger partial charge >= 0.3 is 5.97 Å². The van der Waals surface area contributed by atoms with Crippen LogP contribution in [0, 0.1) is 0 Å². The van der Waals surface area contributed by atoms with Crippen LogP contribution in [0.1, 0.15) is 19.4 Å². The predicted octanol–water partition coefficient (Wildman–Crippen LogP) is 1.89. The molecule has 0 saturated carbocycles. The number of nitrogens with zero attached hydrogens (tertiary/aromatic N) is 2. The molecule has 0 radical (unpaired) electrons. The van der Waals surface area contributed by atoms with Gasteiger partial charge in [0, 0.05) is 30.7 Å². The second-order valence-corrected chi connectivity index (χ2v) is 6.19. The van der Waals surface area contributed by atoms with Gasteiger partial charge in [0.1, 0.15) is 6.04 Å². The van der Waals surface area contributed by atoms with Gasteiger partial charge in [-0.2, -0.15) is 0 Å². The lowest BCUT2D eigenvalue weighted by Crippen LogP contribution is -2.57. The van der Waals surface area contributed by atoms with Crippen molar-refractivity contribution >= 4 is 23.5 Å². The van der Waals surface area contributed by atoms with Gasteiger partial charge in [-0.05, 0) is 31.5 Å². The van der Waals surface area contributed by atoms with Gasteiger partial charge in [-0.25, -0.2) is 0 Å². The molecule has 5 nitrogen and oxygen atoms in total. The minimum absolute atomic E-state index is 0.00207. The first kappa shape index (κ1) is 16.8. The Bertz CT molecular complexity index is 564. The Labute approximate surface area is 135 Å². The molecule has 1 fully saturated rings. The Kier molecular flexibility index (Phi) is 5.42. The van der Waals surface area contributed by atoms with Gasteiger partial charge in [-0.1, -0.05) is 23.7 Å². The van der Waals surface area contributed by atoms with Crippen LogP contribution in [0.2, 0.25) is 5.02 Å². The standard InChI is InChI=1S/C16H21ClN2O3/c1-11-10-18(12(2)16(21)22)6-7-19(11)15(20)9-13-4-3-5-14(17)8-13/h3-5,8,11-12H,6-7,9-10H2,1-2H3,(H,21,22). The number of amides is 1. The summed E-state index contributed by atoms with van der Waals surface area (Å²) in [5.74, 6) is -0.775. The van der Waals surface area contributed by atoms with Crippen LogP contribution in [0.15, 0.2) is 24.3 Å². The average molecular weight is 325 g/mol. The summed E-state index contributed by atoms with van der Waals surface area (Å²) < 4.78 is 0. The van der Waals surface area contributed by atoms with E-state index in [1.807, 2.05) is 28.9 Å². The zero-order chi connectivity index (χ0) is 16.3. The maximum atomic E-state index is 12.4. The normalized spacial score (nSPS) is 20.7. The van der Waals surface area contributed by atoms with Crippen molar-refractivity contribution < 1.29 is 14.7 Å². The lowest BCUT2D eigenvalue weighted by atomic mass is 10.1. The Morgan fingerprint density at radius 2 is 2.14 bits per heavy atom.